The van der Waals surface area contributed by atoms with Crippen LogP contribution in [0.5, 0.6) is 0 Å². The van der Waals surface area contributed by atoms with Crippen molar-refractivity contribution in [3.63, 3.8) is 0 Å². The van der Waals surface area contributed by atoms with Gasteiger partial charge in [0, 0.05) is 5.56 Å². The summed E-state index contributed by atoms with van der Waals surface area (Å²) in [7, 11) is 0. The minimum Gasteiger partial charge on any atom is -0.457 e. The summed E-state index contributed by atoms with van der Waals surface area (Å²) in [5.41, 5.74) is 1.82. The average Bonchev–Trinajstić information content (AvgIpc) is 2.99. The lowest BCUT2D eigenvalue weighted by atomic mass is 10.1. The van der Waals surface area contributed by atoms with Crippen LogP contribution in [-0.4, -0.2) is 11.0 Å². The van der Waals surface area contributed by atoms with Crippen LogP contribution >= 0.6 is 11.3 Å². The fourth-order valence-corrected chi connectivity index (χ4v) is 2.85. The number of alkyl halides is 3. The molecule has 0 atom stereocenters. The van der Waals surface area contributed by atoms with Gasteiger partial charge < -0.3 is 4.74 Å². The second kappa shape index (κ2) is 6.00. The predicted molar refractivity (Wildman–Crippen MR) is 80.2 cm³/mol. The van der Waals surface area contributed by atoms with Crippen LogP contribution in [0.15, 0.2) is 48.0 Å². The smallest absolute Gasteiger partial charge is 0.416 e. The number of carbonyl (C=O) groups is 1. The molecule has 0 unspecified atom stereocenters. The van der Waals surface area contributed by atoms with Crippen molar-refractivity contribution in [3.05, 3.63) is 64.7 Å². The molecule has 0 aliphatic rings. The van der Waals surface area contributed by atoms with Crippen LogP contribution in [0.1, 0.15) is 21.5 Å². The van der Waals surface area contributed by atoms with E-state index in [9.17, 15) is 18.0 Å². The molecule has 0 fully saturated rings. The molecule has 3 aromatic rings. The van der Waals surface area contributed by atoms with E-state index in [1.165, 1.54) is 29.5 Å². The summed E-state index contributed by atoms with van der Waals surface area (Å²) >= 11 is 1.37. The number of thiazole rings is 1. The first-order valence-corrected chi connectivity index (χ1v) is 7.48. The Morgan fingerprint density at radius 3 is 2.74 bits per heavy atom. The molecule has 1 heterocycles. The maximum absolute atomic E-state index is 12.9. The number of halogens is 3. The highest BCUT2D eigenvalue weighted by atomic mass is 32.1. The van der Waals surface area contributed by atoms with Crippen LogP contribution in [0.4, 0.5) is 13.2 Å². The zero-order valence-corrected chi connectivity index (χ0v) is 12.4. The lowest BCUT2D eigenvalue weighted by molar-refractivity contribution is -0.138. The Morgan fingerprint density at radius 1 is 1.17 bits per heavy atom. The molecule has 3 rings (SSSR count). The Kier molecular flexibility index (Phi) is 4.04. The fourth-order valence-electron chi connectivity index (χ4n) is 2.13. The Balaban J connectivity index is 1.77. The third-order valence-electron chi connectivity index (χ3n) is 3.25. The molecule has 7 heteroatoms. The van der Waals surface area contributed by atoms with Crippen LogP contribution in [0.2, 0.25) is 0 Å². The van der Waals surface area contributed by atoms with Gasteiger partial charge in [0.1, 0.15) is 6.61 Å². The average molecular weight is 337 g/mol. The summed E-state index contributed by atoms with van der Waals surface area (Å²) in [6, 6.07) is 9.86. The van der Waals surface area contributed by atoms with Gasteiger partial charge in [0.2, 0.25) is 0 Å². The van der Waals surface area contributed by atoms with Gasteiger partial charge in [-0.05, 0) is 24.3 Å². The standard InChI is InChI=1S/C16H10F3NO2S/c17-16(18,19)12-4-2-1-3-11(12)8-22-15(21)10-5-6-13-14(7-10)23-9-20-13/h1-7,9H,8H2. The summed E-state index contributed by atoms with van der Waals surface area (Å²) in [6.07, 6.45) is -4.48. The second-order valence-electron chi connectivity index (χ2n) is 4.77. The van der Waals surface area contributed by atoms with Crippen LogP contribution < -0.4 is 0 Å². The Morgan fingerprint density at radius 2 is 1.96 bits per heavy atom. The highest BCUT2D eigenvalue weighted by molar-refractivity contribution is 7.16. The monoisotopic (exact) mass is 337 g/mol. The van der Waals surface area contributed by atoms with E-state index in [1.54, 1.807) is 23.7 Å². The van der Waals surface area contributed by atoms with Crippen LogP contribution in [0.25, 0.3) is 10.2 Å². The summed E-state index contributed by atoms with van der Waals surface area (Å²) in [5.74, 6) is -0.669. The SMILES string of the molecule is O=C(OCc1ccccc1C(F)(F)F)c1ccc2ncsc2c1. The second-order valence-corrected chi connectivity index (χ2v) is 5.65. The summed E-state index contributed by atoms with van der Waals surface area (Å²) in [5, 5.41) is 0. The molecule has 2 aromatic carbocycles. The van der Waals surface area contributed by atoms with Crippen molar-refractivity contribution in [2.45, 2.75) is 12.8 Å². The lowest BCUT2D eigenvalue weighted by Gasteiger charge is -2.12. The van der Waals surface area contributed by atoms with Crippen molar-refractivity contribution in [1.29, 1.82) is 0 Å². The zero-order chi connectivity index (χ0) is 16.4. The number of nitrogens with zero attached hydrogens (tertiary/aromatic N) is 1. The van der Waals surface area contributed by atoms with Crippen molar-refractivity contribution >= 4 is 27.5 Å². The van der Waals surface area contributed by atoms with Crippen molar-refractivity contribution in [3.8, 4) is 0 Å². The van der Waals surface area contributed by atoms with Gasteiger partial charge >= 0.3 is 12.1 Å². The summed E-state index contributed by atoms with van der Waals surface area (Å²) in [4.78, 5) is 16.1. The first-order valence-electron chi connectivity index (χ1n) is 6.60. The maximum Gasteiger partial charge on any atom is 0.416 e. The lowest BCUT2D eigenvalue weighted by Crippen LogP contribution is -2.12. The predicted octanol–water partition coefficient (Wildman–Crippen LogP) is 4.67. The molecule has 0 saturated carbocycles. The minimum atomic E-state index is -4.48. The number of carbonyl (C=O) groups excluding carboxylic acids is 1. The van der Waals surface area contributed by atoms with Gasteiger partial charge in [-0.25, -0.2) is 9.78 Å². The van der Waals surface area contributed by atoms with Crippen molar-refractivity contribution in [1.82, 2.24) is 4.98 Å². The van der Waals surface area contributed by atoms with E-state index in [1.807, 2.05) is 0 Å². The van der Waals surface area contributed by atoms with Gasteiger partial charge in [-0.1, -0.05) is 18.2 Å². The molecule has 0 spiro atoms. The Labute approximate surface area is 133 Å². The molecular formula is C16H10F3NO2S. The van der Waals surface area contributed by atoms with Crippen molar-refractivity contribution < 1.29 is 22.7 Å². The third kappa shape index (κ3) is 3.34. The first kappa shape index (κ1) is 15.5. The van der Waals surface area contributed by atoms with Crippen LogP contribution in [0, 0.1) is 0 Å². The first-order chi connectivity index (χ1) is 10.9. The van der Waals surface area contributed by atoms with Gasteiger partial charge in [0.25, 0.3) is 0 Å². The van der Waals surface area contributed by atoms with Gasteiger partial charge in [-0.2, -0.15) is 13.2 Å². The molecule has 1 aromatic heterocycles. The number of aromatic nitrogens is 1. The number of benzene rings is 2. The highest BCUT2D eigenvalue weighted by Gasteiger charge is 2.33. The number of ether oxygens (including phenoxy) is 1. The van der Waals surface area contributed by atoms with Gasteiger partial charge in [-0.3, -0.25) is 0 Å². The molecule has 0 amide bonds. The Bertz CT molecular complexity index is 858. The molecule has 0 bridgehead atoms. The quantitative estimate of drug-likeness (QED) is 0.652. The van der Waals surface area contributed by atoms with E-state index < -0.39 is 24.3 Å². The van der Waals surface area contributed by atoms with Gasteiger partial charge in [0.05, 0.1) is 26.9 Å². The summed E-state index contributed by atoms with van der Waals surface area (Å²) < 4.78 is 44.5. The molecule has 0 N–H and O–H groups in total. The molecular weight excluding hydrogens is 327 g/mol. The van der Waals surface area contributed by atoms with E-state index in [2.05, 4.69) is 4.98 Å². The zero-order valence-electron chi connectivity index (χ0n) is 11.6. The molecule has 23 heavy (non-hydrogen) atoms. The number of hydrogen-bond acceptors (Lipinski definition) is 4. The molecule has 118 valence electrons. The number of rotatable bonds is 3. The van der Waals surface area contributed by atoms with Gasteiger partial charge in [-0.15, -0.1) is 11.3 Å². The molecule has 3 nitrogen and oxygen atoms in total. The third-order valence-corrected chi connectivity index (χ3v) is 4.04. The Hall–Kier alpha value is -2.41. The number of fused-ring (bicyclic) bond motifs is 1. The minimum absolute atomic E-state index is 0.0766. The van der Waals surface area contributed by atoms with Crippen molar-refractivity contribution in [2.24, 2.45) is 0 Å². The van der Waals surface area contributed by atoms with E-state index >= 15 is 0 Å². The van der Waals surface area contributed by atoms with E-state index in [4.69, 9.17) is 4.74 Å². The van der Waals surface area contributed by atoms with Crippen LogP contribution in [-0.2, 0) is 17.5 Å². The van der Waals surface area contributed by atoms with E-state index in [0.29, 0.717) is 0 Å². The maximum atomic E-state index is 12.9. The normalized spacial score (nSPS) is 11.6. The topological polar surface area (TPSA) is 39.2 Å². The van der Waals surface area contributed by atoms with Gasteiger partial charge in [0.15, 0.2) is 0 Å². The number of esters is 1. The summed E-state index contributed by atoms with van der Waals surface area (Å²) in [6.45, 7) is -0.435. The molecule has 0 aliphatic heterocycles. The molecule has 0 radical (unpaired) electrons. The van der Waals surface area contributed by atoms with E-state index in [-0.39, 0.29) is 11.1 Å². The van der Waals surface area contributed by atoms with Crippen LogP contribution in [0.3, 0.4) is 0 Å². The molecule has 0 aliphatic carbocycles. The molecule has 0 saturated heterocycles. The van der Waals surface area contributed by atoms with Crippen molar-refractivity contribution in [2.75, 3.05) is 0 Å². The van der Waals surface area contributed by atoms with E-state index in [0.717, 1.165) is 16.3 Å². The largest absolute Gasteiger partial charge is 0.457 e. The highest BCUT2D eigenvalue weighted by Crippen LogP contribution is 2.32. The fraction of sp³-hybridized carbons (Fsp3) is 0.125. The number of hydrogen-bond donors (Lipinski definition) is 0.